The van der Waals surface area contributed by atoms with Gasteiger partial charge in [-0.1, -0.05) is 18.2 Å². The third-order valence-electron chi connectivity index (χ3n) is 4.37. The minimum Gasteiger partial charge on any atom is -0.324 e. The molecule has 0 fully saturated rings. The molecule has 0 saturated heterocycles. The number of nitrogens with zero attached hydrogens (tertiary/aromatic N) is 1. The molecule has 4 rings (SSSR count). The summed E-state index contributed by atoms with van der Waals surface area (Å²) in [7, 11) is 0. The molecule has 2 N–H and O–H groups in total. The Morgan fingerprint density at radius 3 is 3.00 bits per heavy atom. The second-order valence-electron chi connectivity index (χ2n) is 5.84. The van der Waals surface area contributed by atoms with Crippen molar-refractivity contribution >= 4 is 21.6 Å². The first kappa shape index (κ1) is 13.0. The Bertz CT molecular complexity index is 791. The van der Waals surface area contributed by atoms with E-state index in [2.05, 4.69) is 40.7 Å². The van der Waals surface area contributed by atoms with Gasteiger partial charge in [0.2, 0.25) is 0 Å². The molecule has 2 nitrogen and oxygen atoms in total. The molecule has 106 valence electrons. The van der Waals surface area contributed by atoms with Crippen LogP contribution in [-0.2, 0) is 19.3 Å². The van der Waals surface area contributed by atoms with Gasteiger partial charge >= 0.3 is 0 Å². The van der Waals surface area contributed by atoms with Crippen LogP contribution in [0, 0.1) is 0 Å². The van der Waals surface area contributed by atoms with E-state index in [4.69, 9.17) is 5.73 Å². The van der Waals surface area contributed by atoms with Gasteiger partial charge in [-0.05, 0) is 65.4 Å². The van der Waals surface area contributed by atoms with E-state index in [0.717, 1.165) is 17.5 Å². The van der Waals surface area contributed by atoms with Crippen LogP contribution in [0.25, 0.3) is 10.2 Å². The number of hydrogen-bond acceptors (Lipinski definition) is 3. The van der Waals surface area contributed by atoms with Crippen LogP contribution in [0.4, 0.5) is 0 Å². The number of rotatable bonds is 3. The third-order valence-corrected chi connectivity index (χ3v) is 5.22. The number of nitrogens with two attached hydrogens (primary N) is 1. The number of aromatic nitrogens is 1. The van der Waals surface area contributed by atoms with Gasteiger partial charge in [-0.15, -0.1) is 11.3 Å². The SMILES string of the molecule is NC(Cc1ccc2c(c1)CCC2)c1cnc2ccsc2c1. The number of aryl methyl sites for hydroxylation is 2. The van der Waals surface area contributed by atoms with Gasteiger partial charge in [0.15, 0.2) is 0 Å². The van der Waals surface area contributed by atoms with Gasteiger partial charge in [0.1, 0.15) is 0 Å². The van der Waals surface area contributed by atoms with Crippen molar-refractivity contribution in [2.75, 3.05) is 0 Å². The number of fused-ring (bicyclic) bond motifs is 2. The number of pyridine rings is 1. The van der Waals surface area contributed by atoms with Crippen LogP contribution < -0.4 is 5.73 Å². The van der Waals surface area contributed by atoms with Gasteiger partial charge < -0.3 is 5.73 Å². The summed E-state index contributed by atoms with van der Waals surface area (Å²) in [6.07, 6.45) is 6.56. The number of thiophene rings is 1. The normalized spacial score (nSPS) is 15.3. The Balaban J connectivity index is 1.58. The van der Waals surface area contributed by atoms with Gasteiger partial charge in [-0.2, -0.15) is 0 Å². The predicted octanol–water partition coefficient (Wildman–Crippen LogP) is 4.03. The van der Waals surface area contributed by atoms with E-state index in [1.165, 1.54) is 40.7 Å². The fraction of sp³-hybridized carbons (Fsp3) is 0.278. The molecule has 1 atom stereocenters. The average Bonchev–Trinajstić information content (AvgIpc) is 3.14. The highest BCUT2D eigenvalue weighted by atomic mass is 32.1. The van der Waals surface area contributed by atoms with E-state index >= 15 is 0 Å². The van der Waals surface area contributed by atoms with Crippen molar-refractivity contribution in [3.8, 4) is 0 Å². The Morgan fingerprint density at radius 1 is 1.14 bits per heavy atom. The fourth-order valence-electron chi connectivity index (χ4n) is 3.19. The molecule has 2 heterocycles. The zero-order valence-electron chi connectivity index (χ0n) is 11.9. The van der Waals surface area contributed by atoms with Gasteiger partial charge in [0.25, 0.3) is 0 Å². The van der Waals surface area contributed by atoms with Crippen LogP contribution in [0.5, 0.6) is 0 Å². The molecule has 1 aromatic carbocycles. The first-order chi connectivity index (χ1) is 10.3. The van der Waals surface area contributed by atoms with E-state index in [0.29, 0.717) is 0 Å². The molecular formula is C18H18N2S. The van der Waals surface area contributed by atoms with E-state index in [9.17, 15) is 0 Å². The number of hydrogen-bond donors (Lipinski definition) is 1. The highest BCUT2D eigenvalue weighted by Crippen LogP contribution is 2.26. The molecule has 0 amide bonds. The van der Waals surface area contributed by atoms with E-state index in [1.54, 1.807) is 11.3 Å². The van der Waals surface area contributed by atoms with Crippen LogP contribution in [0.2, 0.25) is 0 Å². The van der Waals surface area contributed by atoms with Crippen LogP contribution >= 0.6 is 11.3 Å². The Kier molecular flexibility index (Phi) is 3.24. The van der Waals surface area contributed by atoms with Gasteiger partial charge in [0, 0.05) is 12.2 Å². The average molecular weight is 294 g/mol. The summed E-state index contributed by atoms with van der Waals surface area (Å²) < 4.78 is 1.22. The maximum absolute atomic E-state index is 6.40. The van der Waals surface area contributed by atoms with Crippen molar-refractivity contribution in [2.45, 2.75) is 31.7 Å². The van der Waals surface area contributed by atoms with Gasteiger partial charge in [-0.3, -0.25) is 4.98 Å². The van der Waals surface area contributed by atoms with Crippen molar-refractivity contribution in [1.82, 2.24) is 4.98 Å². The molecule has 2 aromatic heterocycles. The number of benzene rings is 1. The van der Waals surface area contributed by atoms with E-state index < -0.39 is 0 Å². The molecule has 3 heteroatoms. The maximum Gasteiger partial charge on any atom is 0.0809 e. The summed E-state index contributed by atoms with van der Waals surface area (Å²) in [6.45, 7) is 0. The molecule has 0 radical (unpaired) electrons. The molecule has 3 aromatic rings. The second kappa shape index (κ2) is 5.24. The first-order valence-corrected chi connectivity index (χ1v) is 8.37. The standard InChI is InChI=1S/C18H18N2S/c19-16(15-10-18-17(20-11-15)6-7-21-18)9-12-4-5-13-2-1-3-14(13)8-12/h4-8,10-11,16H,1-3,9,19H2. The zero-order chi connectivity index (χ0) is 14.2. The van der Waals surface area contributed by atoms with Crippen molar-refractivity contribution in [1.29, 1.82) is 0 Å². The van der Waals surface area contributed by atoms with E-state index in [1.807, 2.05) is 6.20 Å². The molecular weight excluding hydrogens is 276 g/mol. The summed E-state index contributed by atoms with van der Waals surface area (Å²) >= 11 is 1.72. The molecule has 1 unspecified atom stereocenters. The summed E-state index contributed by atoms with van der Waals surface area (Å²) in [5.74, 6) is 0. The molecule has 21 heavy (non-hydrogen) atoms. The van der Waals surface area contributed by atoms with Gasteiger partial charge in [0.05, 0.1) is 10.2 Å². The molecule has 1 aliphatic carbocycles. The van der Waals surface area contributed by atoms with Crippen molar-refractivity contribution in [3.63, 3.8) is 0 Å². The molecule has 0 aliphatic heterocycles. The lowest BCUT2D eigenvalue weighted by Gasteiger charge is -2.13. The predicted molar refractivity (Wildman–Crippen MR) is 88.7 cm³/mol. The monoisotopic (exact) mass is 294 g/mol. The topological polar surface area (TPSA) is 38.9 Å². The summed E-state index contributed by atoms with van der Waals surface area (Å²) in [6, 6.07) is 11.1. The fourth-order valence-corrected chi connectivity index (χ4v) is 3.98. The van der Waals surface area contributed by atoms with Crippen LogP contribution in [0.3, 0.4) is 0 Å². The summed E-state index contributed by atoms with van der Waals surface area (Å²) in [5.41, 5.74) is 13.0. The first-order valence-electron chi connectivity index (χ1n) is 7.49. The lowest BCUT2D eigenvalue weighted by molar-refractivity contribution is 0.719. The van der Waals surface area contributed by atoms with Crippen LogP contribution in [0.1, 0.15) is 34.7 Å². The van der Waals surface area contributed by atoms with Crippen LogP contribution in [-0.4, -0.2) is 4.98 Å². The highest BCUT2D eigenvalue weighted by Gasteiger charge is 2.13. The lowest BCUT2D eigenvalue weighted by atomic mass is 9.98. The van der Waals surface area contributed by atoms with Gasteiger partial charge in [-0.25, -0.2) is 0 Å². The Morgan fingerprint density at radius 2 is 2.05 bits per heavy atom. The maximum atomic E-state index is 6.40. The quantitative estimate of drug-likeness (QED) is 0.792. The van der Waals surface area contributed by atoms with E-state index in [-0.39, 0.29) is 6.04 Å². The Labute approximate surface area is 128 Å². The van der Waals surface area contributed by atoms with Crippen molar-refractivity contribution in [2.24, 2.45) is 5.73 Å². The summed E-state index contributed by atoms with van der Waals surface area (Å²) in [5, 5.41) is 2.08. The molecule has 0 saturated carbocycles. The smallest absolute Gasteiger partial charge is 0.0809 e. The van der Waals surface area contributed by atoms with Crippen molar-refractivity contribution < 1.29 is 0 Å². The molecule has 0 bridgehead atoms. The summed E-state index contributed by atoms with van der Waals surface area (Å²) in [4.78, 5) is 4.49. The Hall–Kier alpha value is -1.71. The minimum atomic E-state index is 0.0171. The van der Waals surface area contributed by atoms with Crippen LogP contribution in [0.15, 0.2) is 41.9 Å². The highest BCUT2D eigenvalue weighted by molar-refractivity contribution is 7.17. The third kappa shape index (κ3) is 2.47. The molecule has 0 spiro atoms. The van der Waals surface area contributed by atoms with Crippen molar-refractivity contribution in [3.05, 3.63) is 64.2 Å². The minimum absolute atomic E-state index is 0.0171. The largest absolute Gasteiger partial charge is 0.324 e. The molecule has 1 aliphatic rings. The second-order valence-corrected chi connectivity index (χ2v) is 6.79. The lowest BCUT2D eigenvalue weighted by Crippen LogP contribution is -2.13. The zero-order valence-corrected chi connectivity index (χ0v) is 12.7.